The topological polar surface area (TPSA) is 54.9 Å². The number of benzene rings is 2. The lowest BCUT2D eigenvalue weighted by molar-refractivity contribution is 0.0946. The summed E-state index contributed by atoms with van der Waals surface area (Å²) in [5.74, 6) is -1.01. The van der Waals surface area contributed by atoms with Crippen LogP contribution in [0, 0.1) is 5.82 Å². The van der Waals surface area contributed by atoms with E-state index in [1.165, 1.54) is 12.1 Å². The molecule has 4 nitrogen and oxygen atoms in total. The Labute approximate surface area is 120 Å². The van der Waals surface area contributed by atoms with Crippen molar-refractivity contribution < 1.29 is 9.18 Å². The molecular weight excluding hydrogens is 269 g/mol. The van der Waals surface area contributed by atoms with Crippen LogP contribution >= 0.6 is 0 Å². The highest BCUT2D eigenvalue weighted by atomic mass is 19.1. The molecule has 0 aliphatic heterocycles. The molecule has 3 aromatic rings. The van der Waals surface area contributed by atoms with Crippen LogP contribution in [0.3, 0.4) is 0 Å². The third-order valence-electron chi connectivity index (χ3n) is 3.05. The Morgan fingerprint density at radius 3 is 2.57 bits per heavy atom. The van der Waals surface area contributed by atoms with E-state index in [1.807, 2.05) is 24.3 Å². The van der Waals surface area contributed by atoms with E-state index in [1.54, 1.807) is 18.3 Å². The number of nitrogens with one attached hydrogen (secondary N) is 1. The number of fused-ring (bicyclic) bond motifs is 1. The normalized spacial score (nSPS) is 10.5. The minimum Gasteiger partial charge on any atom is -0.346 e. The fourth-order valence-electron chi connectivity index (χ4n) is 1.99. The molecule has 104 valence electrons. The molecule has 1 amide bonds. The summed E-state index contributed by atoms with van der Waals surface area (Å²) in [7, 11) is 0. The summed E-state index contributed by atoms with van der Waals surface area (Å²) in [5, 5.41) is 2.64. The summed E-state index contributed by atoms with van der Waals surface area (Å²) in [6, 6.07) is 13.3. The van der Waals surface area contributed by atoms with E-state index in [0.29, 0.717) is 5.69 Å². The van der Waals surface area contributed by atoms with E-state index >= 15 is 0 Å². The van der Waals surface area contributed by atoms with Gasteiger partial charge in [-0.05, 0) is 24.3 Å². The zero-order chi connectivity index (χ0) is 14.7. The van der Waals surface area contributed by atoms with E-state index in [2.05, 4.69) is 15.3 Å². The van der Waals surface area contributed by atoms with Gasteiger partial charge >= 0.3 is 0 Å². The lowest BCUT2D eigenvalue weighted by Gasteiger charge is -2.06. The fourth-order valence-corrected chi connectivity index (χ4v) is 1.99. The Balaban J connectivity index is 1.74. The number of hydrogen-bond acceptors (Lipinski definition) is 3. The van der Waals surface area contributed by atoms with Crippen molar-refractivity contribution in [1.29, 1.82) is 0 Å². The molecule has 0 bridgehead atoms. The van der Waals surface area contributed by atoms with Gasteiger partial charge in [0.05, 0.1) is 35.0 Å². The molecule has 0 radical (unpaired) electrons. The average molecular weight is 281 g/mol. The molecular formula is C16H12FN3O. The molecule has 0 saturated carbocycles. The maximum atomic E-state index is 13.5. The number of nitrogens with zero attached hydrogens (tertiary/aromatic N) is 2. The second-order valence-electron chi connectivity index (χ2n) is 4.51. The summed E-state index contributed by atoms with van der Waals surface area (Å²) >= 11 is 0. The first kappa shape index (κ1) is 13.2. The Kier molecular flexibility index (Phi) is 3.55. The summed E-state index contributed by atoms with van der Waals surface area (Å²) in [4.78, 5) is 20.6. The van der Waals surface area contributed by atoms with Gasteiger partial charge in [0.25, 0.3) is 5.91 Å². The van der Waals surface area contributed by atoms with Crippen molar-refractivity contribution in [3.8, 4) is 0 Å². The lowest BCUT2D eigenvalue weighted by Crippen LogP contribution is -2.24. The molecule has 0 atom stereocenters. The Morgan fingerprint density at radius 2 is 1.76 bits per heavy atom. The molecule has 0 aliphatic rings. The van der Waals surface area contributed by atoms with Crippen LogP contribution in [0.1, 0.15) is 16.1 Å². The van der Waals surface area contributed by atoms with Crippen molar-refractivity contribution in [3.05, 3.63) is 71.8 Å². The number of carbonyl (C=O) groups excluding carboxylic acids is 1. The van der Waals surface area contributed by atoms with Crippen molar-refractivity contribution in [3.63, 3.8) is 0 Å². The Morgan fingerprint density at radius 1 is 1.05 bits per heavy atom. The smallest absolute Gasteiger partial charge is 0.254 e. The minimum absolute atomic E-state index is 0.0197. The second-order valence-corrected chi connectivity index (χ2v) is 4.51. The van der Waals surface area contributed by atoms with Crippen molar-refractivity contribution in [2.75, 3.05) is 0 Å². The van der Waals surface area contributed by atoms with Crippen LogP contribution in [-0.4, -0.2) is 15.9 Å². The molecule has 21 heavy (non-hydrogen) atoms. The van der Waals surface area contributed by atoms with E-state index in [-0.39, 0.29) is 12.1 Å². The Bertz CT molecular complexity index is 804. The number of halogens is 1. The molecule has 0 saturated heterocycles. The van der Waals surface area contributed by atoms with Crippen molar-refractivity contribution in [1.82, 2.24) is 15.3 Å². The second kappa shape index (κ2) is 5.66. The van der Waals surface area contributed by atoms with E-state index in [9.17, 15) is 9.18 Å². The SMILES string of the molecule is O=C(NCc1cnc2ccccc2n1)c1ccccc1F. The van der Waals surface area contributed by atoms with E-state index in [4.69, 9.17) is 0 Å². The highest BCUT2D eigenvalue weighted by Crippen LogP contribution is 2.09. The van der Waals surface area contributed by atoms with Crippen LogP contribution in [0.5, 0.6) is 0 Å². The largest absolute Gasteiger partial charge is 0.346 e. The molecule has 1 heterocycles. The van der Waals surface area contributed by atoms with Gasteiger partial charge in [-0.15, -0.1) is 0 Å². The van der Waals surface area contributed by atoms with Crippen LogP contribution in [-0.2, 0) is 6.54 Å². The fraction of sp³-hybridized carbons (Fsp3) is 0.0625. The third kappa shape index (κ3) is 2.86. The summed E-state index contributed by atoms with van der Waals surface area (Å²) in [6.45, 7) is 0.199. The Hall–Kier alpha value is -2.82. The van der Waals surface area contributed by atoms with Gasteiger partial charge in [-0.2, -0.15) is 0 Å². The van der Waals surface area contributed by atoms with Crippen LogP contribution < -0.4 is 5.32 Å². The predicted octanol–water partition coefficient (Wildman–Crippen LogP) is 2.70. The summed E-state index contributed by atoms with van der Waals surface area (Å²) < 4.78 is 13.5. The number of amides is 1. The summed E-state index contributed by atoms with van der Waals surface area (Å²) in [6.07, 6.45) is 1.60. The van der Waals surface area contributed by atoms with Crippen molar-refractivity contribution in [2.45, 2.75) is 6.54 Å². The third-order valence-corrected chi connectivity index (χ3v) is 3.05. The molecule has 1 aromatic heterocycles. The van der Waals surface area contributed by atoms with Crippen LogP contribution in [0.2, 0.25) is 0 Å². The molecule has 0 fully saturated rings. The van der Waals surface area contributed by atoms with Crippen molar-refractivity contribution in [2.24, 2.45) is 0 Å². The van der Waals surface area contributed by atoms with Gasteiger partial charge < -0.3 is 5.32 Å². The first-order valence-corrected chi connectivity index (χ1v) is 6.47. The van der Waals surface area contributed by atoms with Gasteiger partial charge in [0.1, 0.15) is 5.82 Å². The minimum atomic E-state index is -0.542. The van der Waals surface area contributed by atoms with Gasteiger partial charge in [0, 0.05) is 0 Å². The number of hydrogen-bond donors (Lipinski definition) is 1. The molecule has 0 unspecified atom stereocenters. The van der Waals surface area contributed by atoms with Gasteiger partial charge in [0.15, 0.2) is 0 Å². The van der Waals surface area contributed by atoms with Gasteiger partial charge in [-0.1, -0.05) is 24.3 Å². The van der Waals surface area contributed by atoms with Crippen molar-refractivity contribution >= 4 is 16.9 Å². The van der Waals surface area contributed by atoms with Gasteiger partial charge in [-0.25, -0.2) is 9.37 Å². The summed E-state index contributed by atoms with van der Waals surface area (Å²) in [5.41, 5.74) is 2.20. The number of para-hydroxylation sites is 2. The average Bonchev–Trinajstić information content (AvgIpc) is 2.53. The number of aromatic nitrogens is 2. The molecule has 1 N–H and O–H groups in total. The maximum absolute atomic E-state index is 13.5. The standard InChI is InChI=1S/C16H12FN3O/c17-13-6-2-1-5-12(13)16(21)19-10-11-9-18-14-7-3-4-8-15(14)20-11/h1-9H,10H2,(H,19,21). The van der Waals surface area contributed by atoms with Gasteiger partial charge in [0.2, 0.25) is 0 Å². The van der Waals surface area contributed by atoms with E-state index in [0.717, 1.165) is 11.0 Å². The van der Waals surface area contributed by atoms with E-state index < -0.39 is 11.7 Å². The highest BCUT2D eigenvalue weighted by molar-refractivity contribution is 5.94. The monoisotopic (exact) mass is 281 g/mol. The zero-order valence-corrected chi connectivity index (χ0v) is 11.1. The predicted molar refractivity (Wildman–Crippen MR) is 77.1 cm³/mol. The number of carbonyl (C=O) groups is 1. The maximum Gasteiger partial charge on any atom is 0.254 e. The quantitative estimate of drug-likeness (QED) is 0.803. The van der Waals surface area contributed by atoms with Crippen LogP contribution in [0.15, 0.2) is 54.7 Å². The lowest BCUT2D eigenvalue weighted by atomic mass is 10.2. The van der Waals surface area contributed by atoms with Gasteiger partial charge in [-0.3, -0.25) is 9.78 Å². The van der Waals surface area contributed by atoms with Crippen LogP contribution in [0.25, 0.3) is 11.0 Å². The molecule has 0 spiro atoms. The molecule has 0 aliphatic carbocycles. The number of rotatable bonds is 3. The highest BCUT2D eigenvalue weighted by Gasteiger charge is 2.10. The first-order chi connectivity index (χ1) is 10.2. The van der Waals surface area contributed by atoms with Crippen LogP contribution in [0.4, 0.5) is 4.39 Å². The molecule has 2 aromatic carbocycles. The molecule has 3 rings (SSSR count). The zero-order valence-electron chi connectivity index (χ0n) is 11.1. The molecule has 5 heteroatoms. The first-order valence-electron chi connectivity index (χ1n) is 6.47.